The van der Waals surface area contributed by atoms with Crippen LogP contribution in [0.4, 0.5) is 4.39 Å². The van der Waals surface area contributed by atoms with E-state index in [9.17, 15) is 9.18 Å². The molecule has 0 atom stereocenters. The number of pyridine rings is 1. The maximum atomic E-state index is 13.0. The zero-order valence-electron chi connectivity index (χ0n) is 14.5. The summed E-state index contributed by atoms with van der Waals surface area (Å²) in [5.74, 6) is -0.142. The topological polar surface area (TPSA) is 45.2 Å². The van der Waals surface area contributed by atoms with Gasteiger partial charge in [0, 0.05) is 37.6 Å². The van der Waals surface area contributed by atoms with E-state index in [1.165, 1.54) is 12.1 Å². The largest absolute Gasteiger partial charge is 0.353 e. The molecule has 25 heavy (non-hydrogen) atoms. The molecule has 1 N–H and O–H groups in total. The Labute approximate surface area is 148 Å². The molecule has 0 aliphatic carbocycles. The van der Waals surface area contributed by atoms with Gasteiger partial charge in [0.25, 0.3) is 0 Å². The van der Waals surface area contributed by atoms with Gasteiger partial charge in [0.05, 0.1) is 6.42 Å². The van der Waals surface area contributed by atoms with E-state index in [1.807, 2.05) is 31.2 Å². The number of nitrogens with one attached hydrogen (secondary N) is 1. The van der Waals surface area contributed by atoms with Crippen LogP contribution < -0.4 is 5.32 Å². The summed E-state index contributed by atoms with van der Waals surface area (Å²) in [5.41, 5.74) is 3.02. The quantitative estimate of drug-likeness (QED) is 0.910. The zero-order chi connectivity index (χ0) is 17.6. The second-order valence-corrected chi connectivity index (χ2v) is 6.73. The van der Waals surface area contributed by atoms with Crippen molar-refractivity contribution in [2.24, 2.45) is 0 Å². The number of halogens is 1. The maximum absolute atomic E-state index is 13.0. The Hall–Kier alpha value is -2.27. The van der Waals surface area contributed by atoms with Gasteiger partial charge in [-0.2, -0.15) is 0 Å². The average Bonchev–Trinajstić information content (AvgIpc) is 2.61. The van der Waals surface area contributed by atoms with Gasteiger partial charge in [-0.05, 0) is 49.1 Å². The molecule has 0 saturated carbocycles. The molecule has 3 rings (SSSR count). The highest BCUT2D eigenvalue weighted by atomic mass is 19.1. The van der Waals surface area contributed by atoms with E-state index in [0.717, 1.165) is 49.3 Å². The fourth-order valence-electron chi connectivity index (χ4n) is 3.15. The molecule has 1 amide bonds. The van der Waals surface area contributed by atoms with E-state index in [4.69, 9.17) is 0 Å². The predicted octanol–water partition coefficient (Wildman–Crippen LogP) is 2.85. The van der Waals surface area contributed by atoms with Gasteiger partial charge in [-0.1, -0.05) is 18.2 Å². The van der Waals surface area contributed by atoms with Gasteiger partial charge in [-0.15, -0.1) is 0 Å². The van der Waals surface area contributed by atoms with E-state index >= 15 is 0 Å². The highest BCUT2D eigenvalue weighted by Gasteiger charge is 2.20. The Balaban J connectivity index is 1.42. The number of nitrogens with zero attached hydrogens (tertiary/aromatic N) is 2. The number of piperidine rings is 1. The number of likely N-dealkylation sites (tertiary alicyclic amines) is 1. The molecule has 132 valence electrons. The van der Waals surface area contributed by atoms with E-state index in [0.29, 0.717) is 6.42 Å². The molecular weight excluding hydrogens is 317 g/mol. The van der Waals surface area contributed by atoms with Crippen molar-refractivity contribution in [3.8, 4) is 0 Å². The minimum absolute atomic E-state index is 0.0580. The van der Waals surface area contributed by atoms with Crippen LogP contribution in [0.3, 0.4) is 0 Å². The first-order valence-corrected chi connectivity index (χ1v) is 8.76. The zero-order valence-corrected chi connectivity index (χ0v) is 14.5. The van der Waals surface area contributed by atoms with Crippen LogP contribution in [0.25, 0.3) is 0 Å². The van der Waals surface area contributed by atoms with Crippen molar-refractivity contribution in [3.05, 3.63) is 65.2 Å². The smallest absolute Gasteiger partial charge is 0.224 e. The molecular formula is C20H24FN3O. The molecule has 0 unspecified atom stereocenters. The minimum atomic E-state index is -0.200. The summed E-state index contributed by atoms with van der Waals surface area (Å²) in [6.07, 6.45) is 4.03. The van der Waals surface area contributed by atoms with Crippen molar-refractivity contribution in [2.45, 2.75) is 38.8 Å². The Morgan fingerprint density at radius 1 is 1.16 bits per heavy atom. The number of aromatic nitrogens is 1. The second kappa shape index (κ2) is 8.21. The Morgan fingerprint density at radius 3 is 2.48 bits per heavy atom. The number of aryl methyl sites for hydroxylation is 1. The molecule has 1 aliphatic rings. The number of hydrogen-bond acceptors (Lipinski definition) is 3. The predicted molar refractivity (Wildman–Crippen MR) is 95.5 cm³/mol. The first-order chi connectivity index (χ1) is 12.1. The average molecular weight is 341 g/mol. The highest BCUT2D eigenvalue weighted by Crippen LogP contribution is 2.14. The summed E-state index contributed by atoms with van der Waals surface area (Å²) < 4.78 is 13.0. The van der Waals surface area contributed by atoms with Crippen LogP contribution in [0.15, 0.2) is 42.6 Å². The third-order valence-corrected chi connectivity index (χ3v) is 4.61. The molecule has 0 radical (unpaired) electrons. The van der Waals surface area contributed by atoms with E-state index in [1.54, 1.807) is 6.20 Å². The monoisotopic (exact) mass is 341 g/mol. The standard InChI is InChI=1S/C20H24FN3O/c1-15-2-3-17(13-22-15)12-20(25)23-19-8-10-24(11-9-19)14-16-4-6-18(21)7-5-16/h2-7,13,19H,8-12,14H2,1H3,(H,23,25). The van der Waals surface area contributed by atoms with E-state index in [2.05, 4.69) is 15.2 Å². The summed E-state index contributed by atoms with van der Waals surface area (Å²) in [5, 5.41) is 3.13. The molecule has 2 aromatic rings. The Morgan fingerprint density at radius 2 is 1.84 bits per heavy atom. The molecule has 2 heterocycles. The van der Waals surface area contributed by atoms with Crippen LogP contribution in [0.2, 0.25) is 0 Å². The molecule has 1 fully saturated rings. The normalized spacial score (nSPS) is 15.9. The molecule has 0 bridgehead atoms. The summed E-state index contributed by atoms with van der Waals surface area (Å²) in [6, 6.07) is 10.8. The first kappa shape index (κ1) is 17.5. The Kier molecular flexibility index (Phi) is 5.76. The van der Waals surface area contributed by atoms with Gasteiger partial charge in [0.2, 0.25) is 5.91 Å². The SMILES string of the molecule is Cc1ccc(CC(=O)NC2CCN(Cc3ccc(F)cc3)CC2)cn1. The van der Waals surface area contributed by atoms with Crippen LogP contribution in [0.5, 0.6) is 0 Å². The summed E-state index contributed by atoms with van der Waals surface area (Å²) >= 11 is 0. The van der Waals surface area contributed by atoms with Crippen molar-refractivity contribution < 1.29 is 9.18 Å². The fraction of sp³-hybridized carbons (Fsp3) is 0.400. The number of amides is 1. The van der Waals surface area contributed by atoms with Crippen LogP contribution in [-0.4, -0.2) is 34.9 Å². The van der Waals surface area contributed by atoms with Gasteiger partial charge in [-0.25, -0.2) is 4.39 Å². The maximum Gasteiger partial charge on any atom is 0.224 e. The number of carbonyl (C=O) groups excluding carboxylic acids is 1. The summed E-state index contributed by atoms with van der Waals surface area (Å²) in [7, 11) is 0. The third kappa shape index (κ3) is 5.36. The van der Waals surface area contributed by atoms with Gasteiger partial charge in [0.1, 0.15) is 5.82 Å². The van der Waals surface area contributed by atoms with Crippen molar-refractivity contribution >= 4 is 5.91 Å². The van der Waals surface area contributed by atoms with Crippen molar-refractivity contribution in [3.63, 3.8) is 0 Å². The van der Waals surface area contributed by atoms with Gasteiger partial charge >= 0.3 is 0 Å². The second-order valence-electron chi connectivity index (χ2n) is 6.73. The third-order valence-electron chi connectivity index (χ3n) is 4.61. The Bertz CT molecular complexity index is 692. The fourth-order valence-corrected chi connectivity index (χ4v) is 3.15. The number of hydrogen-bond donors (Lipinski definition) is 1. The molecule has 1 aromatic carbocycles. The first-order valence-electron chi connectivity index (χ1n) is 8.76. The molecule has 1 saturated heterocycles. The molecule has 0 spiro atoms. The molecule has 5 heteroatoms. The number of benzene rings is 1. The van der Waals surface area contributed by atoms with Crippen molar-refractivity contribution in [1.82, 2.24) is 15.2 Å². The van der Waals surface area contributed by atoms with E-state index in [-0.39, 0.29) is 17.8 Å². The van der Waals surface area contributed by atoms with Gasteiger partial charge < -0.3 is 5.32 Å². The number of carbonyl (C=O) groups is 1. The van der Waals surface area contributed by atoms with Crippen molar-refractivity contribution in [1.29, 1.82) is 0 Å². The van der Waals surface area contributed by atoms with E-state index < -0.39 is 0 Å². The molecule has 1 aliphatic heterocycles. The lowest BCUT2D eigenvalue weighted by Crippen LogP contribution is -2.44. The van der Waals surface area contributed by atoms with Crippen molar-refractivity contribution in [2.75, 3.05) is 13.1 Å². The molecule has 1 aromatic heterocycles. The lowest BCUT2D eigenvalue weighted by molar-refractivity contribution is -0.121. The van der Waals surface area contributed by atoms with Crippen LogP contribution in [0, 0.1) is 12.7 Å². The van der Waals surface area contributed by atoms with Gasteiger partial charge in [0.15, 0.2) is 0 Å². The van der Waals surface area contributed by atoms with Crippen LogP contribution in [0.1, 0.15) is 29.7 Å². The summed E-state index contributed by atoms with van der Waals surface area (Å²) in [6.45, 7) is 4.64. The minimum Gasteiger partial charge on any atom is -0.353 e. The lowest BCUT2D eigenvalue weighted by atomic mass is 10.0. The van der Waals surface area contributed by atoms with Gasteiger partial charge in [-0.3, -0.25) is 14.7 Å². The van der Waals surface area contributed by atoms with Crippen LogP contribution >= 0.6 is 0 Å². The highest BCUT2D eigenvalue weighted by molar-refractivity contribution is 5.78. The summed E-state index contributed by atoms with van der Waals surface area (Å²) in [4.78, 5) is 18.8. The number of rotatable bonds is 5. The lowest BCUT2D eigenvalue weighted by Gasteiger charge is -2.32. The van der Waals surface area contributed by atoms with Crippen LogP contribution in [-0.2, 0) is 17.8 Å². The molecule has 4 nitrogen and oxygen atoms in total.